The quantitative estimate of drug-likeness (QED) is 0.421. The predicted molar refractivity (Wildman–Crippen MR) is 43.7 cm³/mol. The monoisotopic (exact) mass is 318 g/mol. The zero-order valence-electron chi connectivity index (χ0n) is 7.89. The van der Waals surface area contributed by atoms with Gasteiger partial charge in [0.2, 0.25) is 0 Å². The molecule has 15 heavy (non-hydrogen) atoms. The van der Waals surface area contributed by atoms with Crippen LogP contribution in [0, 0.1) is 0 Å². The van der Waals surface area contributed by atoms with Crippen molar-refractivity contribution in [1.82, 2.24) is 0 Å². The van der Waals surface area contributed by atoms with Gasteiger partial charge in [-0.3, -0.25) is 0 Å². The Bertz CT molecular complexity index is 239. The van der Waals surface area contributed by atoms with Crippen LogP contribution in [0.3, 0.4) is 0 Å². The maximum absolute atomic E-state index is 2.21. The van der Waals surface area contributed by atoms with Crippen LogP contribution in [0.5, 0.6) is 0 Å². The summed E-state index contributed by atoms with van der Waals surface area (Å²) >= 11 is 0. The largest absolute Gasteiger partial charge is 4.00 e. The molecule has 0 aliphatic heterocycles. The molecule has 0 N–H and O–H groups in total. The van der Waals surface area contributed by atoms with Gasteiger partial charge in [0.1, 0.15) is 0 Å². The summed E-state index contributed by atoms with van der Waals surface area (Å²) in [6.45, 7) is 0. The number of allylic oxidation sites excluding steroid dienone is 8. The van der Waals surface area contributed by atoms with Crippen LogP contribution >= 0.6 is 0 Å². The smallest absolute Gasteiger partial charge is 1.00 e. The third-order valence-electron chi connectivity index (χ3n) is 1.95. The second kappa shape index (κ2) is 12.9. The van der Waals surface area contributed by atoms with Crippen LogP contribution in [-0.4, -0.2) is 0 Å². The first-order valence-corrected chi connectivity index (χ1v) is 3.68. The van der Waals surface area contributed by atoms with Crippen molar-refractivity contribution >= 4 is 0 Å². The van der Waals surface area contributed by atoms with E-state index in [0.717, 1.165) is 12.8 Å². The van der Waals surface area contributed by atoms with Gasteiger partial charge in [-0.25, -0.2) is 0 Å². The Morgan fingerprint density at radius 1 is 0.667 bits per heavy atom. The summed E-state index contributed by atoms with van der Waals surface area (Å²) in [7, 11) is 0. The molecule has 0 fully saturated rings. The first kappa shape index (κ1) is 24.9. The first-order chi connectivity index (χ1) is 4.97. The maximum atomic E-state index is 2.21. The molecule has 5 heteroatoms. The summed E-state index contributed by atoms with van der Waals surface area (Å²) in [6.07, 6.45) is 15.4. The first-order valence-electron chi connectivity index (χ1n) is 3.68. The van der Waals surface area contributed by atoms with Gasteiger partial charge in [-0.15, -0.1) is 0 Å². The number of hydrogen-bond acceptors (Lipinski definition) is 0. The number of hydrogen-bond donors (Lipinski definition) is 0. The molecule has 0 amide bonds. The Hall–Kier alpha value is 0.834. The average molecular weight is 320 g/mol. The van der Waals surface area contributed by atoms with Gasteiger partial charge < -0.3 is 49.6 Å². The molecular formula is C10H10Cl4Ti. The standard InChI is InChI=1S/C10H10.4ClH.Ti/c1-2-6-9(5-1)10-7-3-4-8-10;;;;;/h1-5,7H,6,8H2;4*1H;/q;;;;;+4/p-4. The van der Waals surface area contributed by atoms with E-state index in [-0.39, 0.29) is 71.3 Å². The minimum Gasteiger partial charge on any atom is -1.00 e. The SMILES string of the molecule is C1=CCC(C2=CC=CC2)=C1.[Cl-].[Cl-].[Cl-].[Cl-].[Ti+4]. The molecule has 0 unspecified atom stereocenters. The topological polar surface area (TPSA) is 0 Å². The van der Waals surface area contributed by atoms with Crippen molar-refractivity contribution in [3.63, 3.8) is 0 Å². The van der Waals surface area contributed by atoms with Crippen LogP contribution in [0.25, 0.3) is 0 Å². The maximum Gasteiger partial charge on any atom is 4.00 e. The molecule has 2 aliphatic rings. The minimum atomic E-state index is 0. The van der Waals surface area contributed by atoms with Gasteiger partial charge in [0.15, 0.2) is 0 Å². The summed E-state index contributed by atoms with van der Waals surface area (Å²) in [5, 5.41) is 0. The molecule has 0 spiro atoms. The van der Waals surface area contributed by atoms with E-state index in [9.17, 15) is 0 Å². The van der Waals surface area contributed by atoms with Crippen LogP contribution in [-0.2, 0) is 21.7 Å². The molecule has 0 atom stereocenters. The van der Waals surface area contributed by atoms with Gasteiger partial charge in [-0.1, -0.05) is 36.5 Å². The summed E-state index contributed by atoms with van der Waals surface area (Å²) in [5.41, 5.74) is 2.98. The van der Waals surface area contributed by atoms with E-state index in [4.69, 9.17) is 0 Å². The fourth-order valence-electron chi connectivity index (χ4n) is 1.37. The third-order valence-corrected chi connectivity index (χ3v) is 1.95. The van der Waals surface area contributed by atoms with Crippen molar-refractivity contribution in [2.45, 2.75) is 12.8 Å². The van der Waals surface area contributed by atoms with Gasteiger partial charge in [-0.05, 0) is 24.0 Å². The molecular weight excluding hydrogens is 310 g/mol. The van der Waals surface area contributed by atoms with Gasteiger partial charge in [0.25, 0.3) is 0 Å². The Balaban J connectivity index is -0.000000121. The third kappa shape index (κ3) is 6.89. The van der Waals surface area contributed by atoms with Crippen molar-refractivity contribution in [2.24, 2.45) is 0 Å². The van der Waals surface area contributed by atoms with Crippen molar-refractivity contribution in [1.29, 1.82) is 0 Å². The summed E-state index contributed by atoms with van der Waals surface area (Å²) < 4.78 is 0. The summed E-state index contributed by atoms with van der Waals surface area (Å²) in [4.78, 5) is 0. The zero-order valence-corrected chi connectivity index (χ0v) is 12.5. The normalized spacial score (nSPS) is 14.4. The van der Waals surface area contributed by atoms with Crippen LogP contribution in [0.4, 0.5) is 0 Å². The molecule has 0 saturated heterocycles. The van der Waals surface area contributed by atoms with Crippen molar-refractivity contribution in [3.8, 4) is 0 Å². The Kier molecular flexibility index (Phi) is 21.4. The van der Waals surface area contributed by atoms with Crippen LogP contribution < -0.4 is 49.6 Å². The van der Waals surface area contributed by atoms with Crippen LogP contribution in [0.15, 0.2) is 47.6 Å². The van der Waals surface area contributed by atoms with E-state index >= 15 is 0 Å². The molecule has 0 aromatic heterocycles. The Labute approximate surface area is 131 Å². The average Bonchev–Trinajstić information content (AvgIpc) is 2.59. The van der Waals surface area contributed by atoms with E-state index in [1.807, 2.05) is 0 Å². The molecule has 2 aliphatic carbocycles. The van der Waals surface area contributed by atoms with Crippen LogP contribution in [0.2, 0.25) is 0 Å². The molecule has 0 bridgehead atoms. The molecule has 0 nitrogen and oxygen atoms in total. The predicted octanol–water partition coefficient (Wildman–Crippen LogP) is -9.23. The number of rotatable bonds is 1. The van der Waals surface area contributed by atoms with E-state index in [1.54, 1.807) is 0 Å². The van der Waals surface area contributed by atoms with E-state index in [0.29, 0.717) is 0 Å². The van der Waals surface area contributed by atoms with Crippen molar-refractivity contribution in [2.75, 3.05) is 0 Å². The van der Waals surface area contributed by atoms with Gasteiger partial charge in [-0.2, -0.15) is 0 Å². The van der Waals surface area contributed by atoms with E-state index < -0.39 is 0 Å². The minimum absolute atomic E-state index is 0. The van der Waals surface area contributed by atoms with Crippen molar-refractivity contribution < 1.29 is 71.3 Å². The molecule has 0 aromatic rings. The fraction of sp³-hybridized carbons (Fsp3) is 0.200. The van der Waals surface area contributed by atoms with Gasteiger partial charge in [0, 0.05) is 0 Å². The molecule has 0 radical (unpaired) electrons. The molecule has 82 valence electrons. The van der Waals surface area contributed by atoms with Gasteiger partial charge in [0.05, 0.1) is 0 Å². The fourth-order valence-corrected chi connectivity index (χ4v) is 1.37. The Morgan fingerprint density at radius 2 is 1.00 bits per heavy atom. The van der Waals surface area contributed by atoms with Crippen LogP contribution in [0.1, 0.15) is 12.8 Å². The molecule has 0 aromatic carbocycles. The second-order valence-electron chi connectivity index (χ2n) is 2.65. The summed E-state index contributed by atoms with van der Waals surface area (Å²) in [6, 6.07) is 0. The van der Waals surface area contributed by atoms with Gasteiger partial charge >= 0.3 is 21.7 Å². The van der Waals surface area contributed by atoms with E-state index in [1.165, 1.54) is 11.1 Å². The molecule has 2 rings (SSSR count). The molecule has 0 heterocycles. The number of halogens is 4. The zero-order chi connectivity index (χ0) is 6.81. The Morgan fingerprint density at radius 3 is 1.20 bits per heavy atom. The molecule has 0 saturated carbocycles. The summed E-state index contributed by atoms with van der Waals surface area (Å²) in [5.74, 6) is 0. The second-order valence-corrected chi connectivity index (χ2v) is 2.65. The van der Waals surface area contributed by atoms with E-state index in [2.05, 4.69) is 36.5 Å². The van der Waals surface area contributed by atoms with Crippen molar-refractivity contribution in [3.05, 3.63) is 47.6 Å².